The normalized spacial score (nSPS) is 9.29. The summed E-state index contributed by atoms with van der Waals surface area (Å²) in [7, 11) is 0. The zero-order valence-electron chi connectivity index (χ0n) is 3.75. The van der Waals surface area contributed by atoms with Crippen molar-refractivity contribution in [3.8, 4) is 5.06 Å². The van der Waals surface area contributed by atoms with E-state index >= 15 is 0 Å². The summed E-state index contributed by atoms with van der Waals surface area (Å²) in [6.45, 7) is 1.71. The molecule has 0 atom stereocenters. The molecule has 1 aromatic rings. The van der Waals surface area contributed by atoms with Crippen LogP contribution < -0.4 is 0 Å². The molecule has 0 saturated carbocycles. The maximum absolute atomic E-state index is 8.65. The molecule has 1 heterocycles. The van der Waals surface area contributed by atoms with Gasteiger partial charge in [-0.05, 0) is 6.92 Å². The molecule has 7 heavy (non-hydrogen) atoms. The van der Waals surface area contributed by atoms with Crippen molar-refractivity contribution in [2.45, 2.75) is 6.92 Å². The number of aromatic hydroxyl groups is 1. The van der Waals surface area contributed by atoms with Crippen molar-refractivity contribution in [3.63, 3.8) is 0 Å². The quantitative estimate of drug-likeness (QED) is 0.538. The third kappa shape index (κ3) is 0.691. The zero-order chi connectivity index (χ0) is 5.28. The fraction of sp³-hybridized carbons (Fsp3) is 0.333. The minimum Gasteiger partial charge on any atom is -0.497 e. The number of hydrogen-bond acceptors (Lipinski definition) is 4. The van der Waals surface area contributed by atoms with Crippen LogP contribution in [0, 0.1) is 6.92 Å². The molecule has 1 aromatic heterocycles. The lowest BCUT2D eigenvalue weighted by Gasteiger charge is -1.74. The van der Waals surface area contributed by atoms with Gasteiger partial charge in [0, 0.05) is 11.5 Å². The molecular weight excluding hydrogens is 112 g/mol. The zero-order valence-corrected chi connectivity index (χ0v) is 4.57. The summed E-state index contributed by atoms with van der Waals surface area (Å²) in [5.74, 6) is 0. The van der Waals surface area contributed by atoms with Crippen LogP contribution in [0.2, 0.25) is 0 Å². The van der Waals surface area contributed by atoms with Crippen LogP contribution in [0.15, 0.2) is 0 Å². The van der Waals surface area contributed by atoms with E-state index in [1.165, 1.54) is 0 Å². The summed E-state index contributed by atoms with van der Waals surface area (Å²) >= 11 is 0.999. The summed E-state index contributed by atoms with van der Waals surface area (Å²) in [5, 5.41) is 12.4. The van der Waals surface area contributed by atoms with Crippen LogP contribution in [0.1, 0.15) is 5.69 Å². The fourth-order valence-electron chi connectivity index (χ4n) is 0.229. The smallest absolute Gasteiger partial charge is 0.214 e. The SMILES string of the molecule is Cc1nnsc1O. The predicted molar refractivity (Wildman–Crippen MR) is 26.3 cm³/mol. The van der Waals surface area contributed by atoms with Gasteiger partial charge in [0.25, 0.3) is 0 Å². The Kier molecular flexibility index (Phi) is 0.941. The Morgan fingerprint density at radius 2 is 2.43 bits per heavy atom. The highest BCUT2D eigenvalue weighted by atomic mass is 32.1. The van der Waals surface area contributed by atoms with E-state index in [4.69, 9.17) is 5.11 Å². The van der Waals surface area contributed by atoms with Crippen molar-refractivity contribution in [2.24, 2.45) is 0 Å². The third-order valence-corrected chi connectivity index (χ3v) is 1.26. The number of nitrogens with zero attached hydrogens (tertiary/aromatic N) is 2. The largest absolute Gasteiger partial charge is 0.497 e. The van der Waals surface area contributed by atoms with Gasteiger partial charge in [-0.2, -0.15) is 0 Å². The molecule has 3 nitrogen and oxygen atoms in total. The van der Waals surface area contributed by atoms with Crippen LogP contribution >= 0.6 is 11.5 Å². The maximum Gasteiger partial charge on any atom is 0.214 e. The van der Waals surface area contributed by atoms with Crippen LogP contribution in [0.5, 0.6) is 5.06 Å². The van der Waals surface area contributed by atoms with E-state index < -0.39 is 0 Å². The average molecular weight is 116 g/mol. The van der Waals surface area contributed by atoms with Gasteiger partial charge in [-0.1, -0.05) is 4.49 Å². The Morgan fingerprint density at radius 1 is 1.71 bits per heavy atom. The molecule has 0 saturated heterocycles. The van der Waals surface area contributed by atoms with E-state index in [2.05, 4.69) is 9.59 Å². The minimum absolute atomic E-state index is 0.208. The van der Waals surface area contributed by atoms with Gasteiger partial charge in [-0.15, -0.1) is 5.10 Å². The standard InChI is InChI=1S/C3H4N2OS/c1-2-3(6)7-5-4-2/h6H,1H3. The van der Waals surface area contributed by atoms with Gasteiger partial charge < -0.3 is 5.11 Å². The van der Waals surface area contributed by atoms with E-state index in [1.54, 1.807) is 6.92 Å². The summed E-state index contributed by atoms with van der Waals surface area (Å²) in [6, 6.07) is 0. The lowest BCUT2D eigenvalue weighted by atomic mass is 10.6. The van der Waals surface area contributed by atoms with Crippen molar-refractivity contribution < 1.29 is 5.11 Å². The molecule has 1 rings (SSSR count). The summed E-state index contributed by atoms with van der Waals surface area (Å²) in [4.78, 5) is 0. The molecule has 0 aliphatic carbocycles. The lowest BCUT2D eigenvalue weighted by Crippen LogP contribution is -1.67. The van der Waals surface area contributed by atoms with Crippen LogP contribution in [0.25, 0.3) is 0 Å². The molecule has 0 unspecified atom stereocenters. The third-order valence-electron chi connectivity index (χ3n) is 0.628. The molecule has 38 valence electrons. The number of aryl methyl sites for hydroxylation is 1. The van der Waals surface area contributed by atoms with Gasteiger partial charge in [-0.3, -0.25) is 0 Å². The van der Waals surface area contributed by atoms with Crippen LogP contribution in [-0.2, 0) is 0 Å². The van der Waals surface area contributed by atoms with Gasteiger partial charge in [0.15, 0.2) is 0 Å². The van der Waals surface area contributed by atoms with Crippen molar-refractivity contribution in [1.82, 2.24) is 9.59 Å². The molecule has 4 heteroatoms. The summed E-state index contributed by atoms with van der Waals surface area (Å²) in [6.07, 6.45) is 0. The van der Waals surface area contributed by atoms with Gasteiger partial charge in [-0.25, -0.2) is 0 Å². The Labute approximate surface area is 44.8 Å². The summed E-state index contributed by atoms with van der Waals surface area (Å²) < 4.78 is 3.46. The first kappa shape index (κ1) is 4.52. The molecule has 0 aliphatic rings. The Bertz CT molecular complexity index is 145. The highest BCUT2D eigenvalue weighted by Crippen LogP contribution is 2.15. The first-order chi connectivity index (χ1) is 3.30. The molecule has 0 amide bonds. The first-order valence-electron chi connectivity index (χ1n) is 1.78. The molecule has 0 bridgehead atoms. The van der Waals surface area contributed by atoms with Gasteiger partial charge in [0.05, 0.1) is 0 Å². The number of rotatable bonds is 0. The second kappa shape index (κ2) is 1.46. The molecule has 0 aliphatic heterocycles. The molecular formula is C3H4N2OS. The lowest BCUT2D eigenvalue weighted by molar-refractivity contribution is 0.485. The second-order valence-electron chi connectivity index (χ2n) is 1.16. The topological polar surface area (TPSA) is 46.0 Å². The van der Waals surface area contributed by atoms with Gasteiger partial charge in [0.1, 0.15) is 5.69 Å². The molecule has 0 fully saturated rings. The van der Waals surface area contributed by atoms with E-state index in [-0.39, 0.29) is 5.06 Å². The Hall–Kier alpha value is -0.640. The molecule has 1 N–H and O–H groups in total. The second-order valence-corrected chi connectivity index (χ2v) is 1.90. The van der Waals surface area contributed by atoms with E-state index in [0.29, 0.717) is 5.69 Å². The highest BCUT2D eigenvalue weighted by Gasteiger charge is 1.94. The van der Waals surface area contributed by atoms with Crippen LogP contribution in [0.4, 0.5) is 0 Å². The average Bonchev–Trinajstić information content (AvgIpc) is 1.91. The highest BCUT2D eigenvalue weighted by molar-refractivity contribution is 7.07. The fourth-order valence-corrected chi connectivity index (χ4v) is 0.643. The van der Waals surface area contributed by atoms with E-state index in [0.717, 1.165) is 11.5 Å². The van der Waals surface area contributed by atoms with Crippen LogP contribution in [0.3, 0.4) is 0 Å². The van der Waals surface area contributed by atoms with E-state index in [9.17, 15) is 0 Å². The number of aromatic nitrogens is 2. The Morgan fingerprint density at radius 3 is 2.57 bits per heavy atom. The van der Waals surface area contributed by atoms with Crippen molar-refractivity contribution in [2.75, 3.05) is 0 Å². The van der Waals surface area contributed by atoms with Gasteiger partial charge in [0.2, 0.25) is 5.06 Å². The predicted octanol–water partition coefficient (Wildman–Crippen LogP) is 0.552. The molecule has 0 radical (unpaired) electrons. The van der Waals surface area contributed by atoms with Crippen molar-refractivity contribution in [1.29, 1.82) is 0 Å². The van der Waals surface area contributed by atoms with E-state index in [1.807, 2.05) is 0 Å². The van der Waals surface area contributed by atoms with Crippen molar-refractivity contribution in [3.05, 3.63) is 5.69 Å². The monoisotopic (exact) mass is 116 g/mol. The summed E-state index contributed by atoms with van der Waals surface area (Å²) in [5.41, 5.74) is 0.602. The maximum atomic E-state index is 8.65. The Balaban J connectivity index is 3.12. The number of hydrogen-bond donors (Lipinski definition) is 1. The minimum atomic E-state index is 0.208. The first-order valence-corrected chi connectivity index (χ1v) is 2.56. The van der Waals surface area contributed by atoms with Crippen molar-refractivity contribution >= 4 is 11.5 Å². The van der Waals surface area contributed by atoms with Crippen LogP contribution in [-0.4, -0.2) is 14.7 Å². The molecule has 0 aromatic carbocycles. The molecule has 0 spiro atoms. The van der Waals surface area contributed by atoms with Gasteiger partial charge >= 0.3 is 0 Å².